The first-order chi connectivity index (χ1) is 13.8. The van der Waals surface area contributed by atoms with Gasteiger partial charge in [-0.2, -0.15) is 18.3 Å². The van der Waals surface area contributed by atoms with Crippen LogP contribution in [-0.4, -0.2) is 12.1 Å². The van der Waals surface area contributed by atoms with Gasteiger partial charge in [-0.05, 0) is 48.4 Å². The number of carbonyl (C=O) groups excluding carboxylic acids is 1. The molecule has 8 heteroatoms. The number of alkyl halides is 3. The highest BCUT2D eigenvalue weighted by atomic mass is 32.1. The fraction of sp³-hybridized carbons (Fsp3) is 0.143. The number of thiophene rings is 1. The topological polar surface area (TPSA) is 50.7 Å². The van der Waals surface area contributed by atoms with Crippen molar-refractivity contribution in [2.75, 3.05) is 0 Å². The third-order valence-corrected chi connectivity index (χ3v) is 4.75. The van der Waals surface area contributed by atoms with Crippen molar-refractivity contribution in [1.29, 1.82) is 0 Å². The summed E-state index contributed by atoms with van der Waals surface area (Å²) in [4.78, 5) is 13.0. The normalized spacial score (nSPS) is 11.6. The van der Waals surface area contributed by atoms with Gasteiger partial charge in [0.2, 0.25) is 0 Å². The maximum atomic E-state index is 12.8. The standard InChI is InChI=1S/C21H17F3N2O2S/c1-14-8-17(13-29-14)20(27)26-25-11-15-4-3-7-19(10-15)28-12-16-5-2-6-18(9-16)21(22,23)24/h2-11,13H,12H2,1H3,(H,26,27)/b25-11-. The molecule has 0 aliphatic rings. The average molecular weight is 418 g/mol. The zero-order chi connectivity index (χ0) is 20.9. The van der Waals surface area contributed by atoms with Gasteiger partial charge in [-0.1, -0.05) is 24.3 Å². The number of aryl methyl sites for hydroxylation is 1. The second-order valence-corrected chi connectivity index (χ2v) is 7.32. The lowest BCUT2D eigenvalue weighted by Gasteiger charge is -2.10. The number of nitrogens with zero attached hydrogens (tertiary/aromatic N) is 1. The minimum atomic E-state index is -4.39. The van der Waals surface area contributed by atoms with Gasteiger partial charge < -0.3 is 4.74 Å². The van der Waals surface area contributed by atoms with Crippen LogP contribution in [0.25, 0.3) is 0 Å². The smallest absolute Gasteiger partial charge is 0.416 e. The molecule has 3 aromatic rings. The fourth-order valence-electron chi connectivity index (χ4n) is 2.48. The first-order valence-corrected chi connectivity index (χ1v) is 9.47. The maximum absolute atomic E-state index is 12.8. The molecule has 0 radical (unpaired) electrons. The lowest BCUT2D eigenvalue weighted by molar-refractivity contribution is -0.137. The van der Waals surface area contributed by atoms with Crippen LogP contribution in [0.3, 0.4) is 0 Å². The van der Waals surface area contributed by atoms with E-state index in [9.17, 15) is 18.0 Å². The van der Waals surface area contributed by atoms with E-state index in [1.807, 2.05) is 6.92 Å². The molecule has 1 amide bonds. The summed E-state index contributed by atoms with van der Waals surface area (Å²) >= 11 is 1.48. The molecule has 29 heavy (non-hydrogen) atoms. The number of hydrogen-bond donors (Lipinski definition) is 1. The van der Waals surface area contributed by atoms with Crippen molar-refractivity contribution >= 4 is 23.5 Å². The molecule has 2 aromatic carbocycles. The van der Waals surface area contributed by atoms with E-state index >= 15 is 0 Å². The van der Waals surface area contributed by atoms with Crippen molar-refractivity contribution in [3.8, 4) is 5.75 Å². The Labute approximate surface area is 169 Å². The van der Waals surface area contributed by atoms with Crippen LogP contribution in [-0.2, 0) is 12.8 Å². The van der Waals surface area contributed by atoms with Crippen molar-refractivity contribution < 1.29 is 22.7 Å². The second-order valence-electron chi connectivity index (χ2n) is 6.20. The monoisotopic (exact) mass is 418 g/mol. The zero-order valence-corrected chi connectivity index (χ0v) is 16.2. The van der Waals surface area contributed by atoms with Crippen LogP contribution >= 0.6 is 11.3 Å². The summed E-state index contributed by atoms with van der Waals surface area (Å²) < 4.78 is 43.9. The highest BCUT2D eigenvalue weighted by molar-refractivity contribution is 7.10. The van der Waals surface area contributed by atoms with E-state index in [1.165, 1.54) is 23.6 Å². The van der Waals surface area contributed by atoms with Crippen molar-refractivity contribution in [3.05, 3.63) is 87.1 Å². The van der Waals surface area contributed by atoms with E-state index in [2.05, 4.69) is 10.5 Å². The Morgan fingerprint density at radius 3 is 2.69 bits per heavy atom. The molecule has 0 atom stereocenters. The summed E-state index contributed by atoms with van der Waals surface area (Å²) in [5.41, 5.74) is 3.37. The molecule has 1 N–H and O–H groups in total. The van der Waals surface area contributed by atoms with Crippen molar-refractivity contribution in [1.82, 2.24) is 5.43 Å². The Balaban J connectivity index is 1.59. The maximum Gasteiger partial charge on any atom is 0.416 e. The van der Waals surface area contributed by atoms with Gasteiger partial charge in [0.15, 0.2) is 0 Å². The van der Waals surface area contributed by atoms with E-state index in [0.717, 1.165) is 17.0 Å². The van der Waals surface area contributed by atoms with E-state index in [0.29, 0.717) is 22.4 Å². The highest BCUT2D eigenvalue weighted by Gasteiger charge is 2.30. The Bertz CT molecular complexity index is 1030. The van der Waals surface area contributed by atoms with Gasteiger partial charge in [0.1, 0.15) is 12.4 Å². The Hall–Kier alpha value is -3.13. The summed E-state index contributed by atoms with van der Waals surface area (Å²) in [6.07, 6.45) is -2.92. The first kappa shape index (κ1) is 20.6. The number of nitrogens with one attached hydrogen (secondary N) is 1. The van der Waals surface area contributed by atoms with Gasteiger partial charge in [-0.25, -0.2) is 5.43 Å². The molecule has 4 nitrogen and oxygen atoms in total. The number of benzene rings is 2. The predicted molar refractivity (Wildman–Crippen MR) is 106 cm³/mol. The molecule has 0 aliphatic heterocycles. The van der Waals surface area contributed by atoms with Gasteiger partial charge in [-0.3, -0.25) is 4.79 Å². The molecule has 1 heterocycles. The highest BCUT2D eigenvalue weighted by Crippen LogP contribution is 2.29. The second kappa shape index (κ2) is 8.91. The molecule has 0 saturated carbocycles. The minimum absolute atomic E-state index is 0.00123. The van der Waals surface area contributed by atoms with E-state index in [4.69, 9.17) is 4.74 Å². The van der Waals surface area contributed by atoms with E-state index in [1.54, 1.807) is 41.8 Å². The number of hydrogen-bond acceptors (Lipinski definition) is 4. The van der Waals surface area contributed by atoms with Crippen LogP contribution in [0, 0.1) is 6.92 Å². The molecule has 0 fully saturated rings. The van der Waals surface area contributed by atoms with Gasteiger partial charge in [0.25, 0.3) is 5.91 Å². The van der Waals surface area contributed by atoms with E-state index < -0.39 is 11.7 Å². The van der Waals surface area contributed by atoms with Crippen LogP contribution in [0.5, 0.6) is 5.75 Å². The number of ether oxygens (including phenoxy) is 1. The van der Waals surface area contributed by atoms with E-state index in [-0.39, 0.29) is 12.5 Å². The number of halogens is 3. The van der Waals surface area contributed by atoms with Gasteiger partial charge in [0.05, 0.1) is 17.3 Å². The molecule has 0 saturated heterocycles. The molecular weight excluding hydrogens is 401 g/mol. The average Bonchev–Trinajstić information content (AvgIpc) is 3.13. The number of hydrazone groups is 1. The third kappa shape index (κ3) is 5.92. The van der Waals surface area contributed by atoms with Crippen molar-refractivity contribution in [2.45, 2.75) is 19.7 Å². The summed E-state index contributed by atoms with van der Waals surface area (Å²) in [6, 6.07) is 13.6. The molecule has 0 aliphatic carbocycles. The molecule has 0 unspecified atom stereocenters. The van der Waals surface area contributed by atoms with Crippen molar-refractivity contribution in [2.24, 2.45) is 5.10 Å². The molecule has 0 bridgehead atoms. The quantitative estimate of drug-likeness (QED) is 0.429. The Kier molecular flexibility index (Phi) is 6.33. The van der Waals surface area contributed by atoms with Crippen LogP contribution in [0.4, 0.5) is 13.2 Å². The summed E-state index contributed by atoms with van der Waals surface area (Å²) in [5.74, 6) is 0.175. The van der Waals surface area contributed by atoms with Crippen molar-refractivity contribution in [3.63, 3.8) is 0 Å². The molecule has 0 spiro atoms. The minimum Gasteiger partial charge on any atom is -0.489 e. The number of rotatable bonds is 6. The zero-order valence-electron chi connectivity index (χ0n) is 15.4. The predicted octanol–water partition coefficient (Wildman–Crippen LogP) is 5.42. The summed E-state index contributed by atoms with van der Waals surface area (Å²) in [7, 11) is 0. The third-order valence-electron chi connectivity index (χ3n) is 3.89. The molecule has 3 rings (SSSR count). The SMILES string of the molecule is Cc1cc(C(=O)N/N=C\c2cccc(OCc3cccc(C(F)(F)F)c3)c2)cs1. The van der Waals surface area contributed by atoms with Crippen LogP contribution < -0.4 is 10.2 Å². The largest absolute Gasteiger partial charge is 0.489 e. The Morgan fingerprint density at radius 2 is 1.97 bits per heavy atom. The molecule has 150 valence electrons. The first-order valence-electron chi connectivity index (χ1n) is 8.59. The Morgan fingerprint density at radius 1 is 1.17 bits per heavy atom. The van der Waals surface area contributed by atoms with Crippen LogP contribution in [0.1, 0.15) is 31.9 Å². The van der Waals surface area contributed by atoms with Gasteiger partial charge >= 0.3 is 6.18 Å². The fourth-order valence-corrected chi connectivity index (χ4v) is 3.16. The summed E-state index contributed by atoms with van der Waals surface area (Å²) in [5, 5.41) is 5.68. The summed E-state index contributed by atoms with van der Waals surface area (Å²) in [6.45, 7) is 1.91. The van der Waals surface area contributed by atoms with Crippen LogP contribution in [0.2, 0.25) is 0 Å². The lowest BCUT2D eigenvalue weighted by Crippen LogP contribution is -2.16. The van der Waals surface area contributed by atoms with Crippen LogP contribution in [0.15, 0.2) is 65.1 Å². The lowest BCUT2D eigenvalue weighted by atomic mass is 10.1. The van der Waals surface area contributed by atoms with Gasteiger partial charge in [0, 0.05) is 10.3 Å². The molecular formula is C21H17F3N2O2S. The molecule has 1 aromatic heterocycles. The number of carbonyl (C=O) groups is 1. The number of amides is 1. The van der Waals surface area contributed by atoms with Gasteiger partial charge in [-0.15, -0.1) is 11.3 Å².